The van der Waals surface area contributed by atoms with Crippen LogP contribution in [0, 0.1) is 0 Å². The Labute approximate surface area is 126 Å². The summed E-state index contributed by atoms with van der Waals surface area (Å²) in [4.78, 5) is 23.0. The third-order valence-corrected chi connectivity index (χ3v) is 2.83. The molecule has 1 aromatic carbocycles. The summed E-state index contributed by atoms with van der Waals surface area (Å²) in [5.74, 6) is 0.758. The van der Waals surface area contributed by atoms with Crippen molar-refractivity contribution in [3.05, 3.63) is 40.3 Å². The molecule has 8 heteroatoms. The minimum Gasteiger partial charge on any atom is -0.493 e. The van der Waals surface area contributed by atoms with Gasteiger partial charge in [0.1, 0.15) is 5.69 Å². The zero-order chi connectivity index (χ0) is 16.1. The molecule has 1 heterocycles. The van der Waals surface area contributed by atoms with Crippen molar-refractivity contribution >= 4 is 11.6 Å². The number of aromatic amines is 1. The minimum atomic E-state index is -0.481. The lowest BCUT2D eigenvalue weighted by Gasteiger charge is -2.14. The van der Waals surface area contributed by atoms with Gasteiger partial charge in [-0.05, 0) is 6.07 Å². The quantitative estimate of drug-likeness (QED) is 0.856. The Kier molecular flexibility index (Phi) is 4.62. The first-order valence-electron chi connectivity index (χ1n) is 6.26. The fourth-order valence-electron chi connectivity index (χ4n) is 1.82. The lowest BCUT2D eigenvalue weighted by atomic mass is 10.2. The summed E-state index contributed by atoms with van der Waals surface area (Å²) in [6.45, 7) is 0. The van der Waals surface area contributed by atoms with Crippen LogP contribution in [0.25, 0.3) is 0 Å². The number of amides is 1. The van der Waals surface area contributed by atoms with E-state index in [1.54, 1.807) is 12.1 Å². The molecule has 1 aromatic heterocycles. The molecule has 116 valence electrons. The zero-order valence-electron chi connectivity index (χ0n) is 12.3. The molecule has 22 heavy (non-hydrogen) atoms. The van der Waals surface area contributed by atoms with Crippen molar-refractivity contribution in [2.45, 2.75) is 0 Å². The number of H-pyrrole nitrogens is 1. The number of hydrogen-bond acceptors (Lipinski definition) is 6. The maximum absolute atomic E-state index is 12.1. The van der Waals surface area contributed by atoms with E-state index in [-0.39, 0.29) is 11.3 Å². The molecule has 1 amide bonds. The highest BCUT2D eigenvalue weighted by atomic mass is 16.5. The molecule has 0 fully saturated rings. The van der Waals surface area contributed by atoms with E-state index in [0.29, 0.717) is 22.9 Å². The van der Waals surface area contributed by atoms with Gasteiger partial charge in [-0.1, -0.05) is 0 Å². The van der Waals surface area contributed by atoms with Gasteiger partial charge in [-0.3, -0.25) is 9.59 Å². The second-order valence-corrected chi connectivity index (χ2v) is 4.17. The monoisotopic (exact) mass is 305 g/mol. The number of rotatable bonds is 5. The molecular weight excluding hydrogens is 290 g/mol. The van der Waals surface area contributed by atoms with E-state index >= 15 is 0 Å². The lowest BCUT2D eigenvalue weighted by molar-refractivity contribution is 0.102. The van der Waals surface area contributed by atoms with Gasteiger partial charge in [0.2, 0.25) is 5.75 Å². The molecule has 0 unspecified atom stereocenters. The van der Waals surface area contributed by atoms with E-state index in [2.05, 4.69) is 15.5 Å². The third-order valence-electron chi connectivity index (χ3n) is 2.83. The zero-order valence-corrected chi connectivity index (χ0v) is 12.3. The predicted molar refractivity (Wildman–Crippen MR) is 78.9 cm³/mol. The summed E-state index contributed by atoms with van der Waals surface area (Å²) < 4.78 is 15.6. The van der Waals surface area contributed by atoms with Crippen LogP contribution in [0.4, 0.5) is 5.69 Å². The van der Waals surface area contributed by atoms with Gasteiger partial charge in [0.05, 0.1) is 21.3 Å². The number of ether oxygens (including phenoxy) is 3. The van der Waals surface area contributed by atoms with Gasteiger partial charge in [-0.15, -0.1) is 0 Å². The first kappa shape index (κ1) is 15.4. The molecule has 0 saturated heterocycles. The van der Waals surface area contributed by atoms with Crippen LogP contribution in [0.3, 0.4) is 0 Å². The van der Waals surface area contributed by atoms with Crippen molar-refractivity contribution < 1.29 is 19.0 Å². The average Bonchev–Trinajstić information content (AvgIpc) is 2.54. The Balaban J connectivity index is 2.31. The fraction of sp³-hybridized carbons (Fsp3) is 0.214. The molecule has 8 nitrogen and oxygen atoms in total. The van der Waals surface area contributed by atoms with Crippen LogP contribution in [-0.2, 0) is 0 Å². The Morgan fingerprint density at radius 2 is 1.73 bits per heavy atom. The van der Waals surface area contributed by atoms with Gasteiger partial charge in [-0.2, -0.15) is 5.10 Å². The number of benzene rings is 1. The van der Waals surface area contributed by atoms with E-state index in [1.807, 2.05) is 0 Å². The van der Waals surface area contributed by atoms with Gasteiger partial charge in [-0.25, -0.2) is 5.10 Å². The van der Waals surface area contributed by atoms with Crippen molar-refractivity contribution in [1.29, 1.82) is 0 Å². The largest absolute Gasteiger partial charge is 0.493 e. The molecule has 0 aliphatic rings. The van der Waals surface area contributed by atoms with E-state index < -0.39 is 5.91 Å². The predicted octanol–water partition coefficient (Wildman–Crippen LogP) is 1.05. The van der Waals surface area contributed by atoms with Gasteiger partial charge >= 0.3 is 0 Å². The summed E-state index contributed by atoms with van der Waals surface area (Å²) in [7, 11) is 4.45. The Bertz CT molecular complexity index is 696. The molecule has 0 atom stereocenters. The number of carbonyl (C=O) groups excluding carboxylic acids is 1. The van der Waals surface area contributed by atoms with Crippen molar-refractivity contribution in [2.24, 2.45) is 0 Å². The number of nitrogens with one attached hydrogen (secondary N) is 2. The van der Waals surface area contributed by atoms with Gasteiger partial charge in [0, 0.05) is 23.9 Å². The van der Waals surface area contributed by atoms with Crippen LogP contribution >= 0.6 is 0 Å². The number of anilines is 1. The first-order chi connectivity index (χ1) is 10.6. The second-order valence-electron chi connectivity index (χ2n) is 4.17. The molecule has 0 spiro atoms. The van der Waals surface area contributed by atoms with Gasteiger partial charge in [0.15, 0.2) is 11.5 Å². The molecule has 0 radical (unpaired) electrons. The number of methoxy groups -OCH3 is 3. The van der Waals surface area contributed by atoms with E-state index in [1.165, 1.54) is 33.5 Å². The number of aromatic nitrogens is 2. The smallest absolute Gasteiger partial charge is 0.276 e. The summed E-state index contributed by atoms with van der Waals surface area (Å²) in [6, 6.07) is 5.72. The highest BCUT2D eigenvalue weighted by Gasteiger charge is 2.15. The Hall–Kier alpha value is -3.03. The van der Waals surface area contributed by atoms with Crippen LogP contribution < -0.4 is 25.1 Å². The molecular formula is C14H15N3O5. The summed E-state index contributed by atoms with van der Waals surface area (Å²) in [6.07, 6.45) is 0. The number of carbonyl (C=O) groups is 1. The lowest BCUT2D eigenvalue weighted by Crippen LogP contribution is -2.17. The van der Waals surface area contributed by atoms with Gasteiger partial charge < -0.3 is 19.5 Å². The standard InChI is InChI=1S/C14H15N3O5/c1-20-10-6-8(7-11(21-2)13(10)22-3)15-14(19)9-4-5-12(18)17-16-9/h4-7H,1-3H3,(H,15,19)(H,17,18). The minimum absolute atomic E-state index is 0.0772. The van der Waals surface area contributed by atoms with Crippen molar-refractivity contribution in [1.82, 2.24) is 10.2 Å². The highest BCUT2D eigenvalue weighted by Crippen LogP contribution is 2.39. The van der Waals surface area contributed by atoms with Crippen molar-refractivity contribution in [3.63, 3.8) is 0 Å². The normalized spacial score (nSPS) is 9.95. The van der Waals surface area contributed by atoms with Gasteiger partial charge in [0.25, 0.3) is 11.5 Å². The maximum atomic E-state index is 12.1. The third kappa shape index (κ3) is 3.17. The topological polar surface area (TPSA) is 103 Å². The second kappa shape index (κ2) is 6.61. The Morgan fingerprint density at radius 3 is 2.18 bits per heavy atom. The van der Waals surface area contributed by atoms with Crippen LogP contribution in [0.2, 0.25) is 0 Å². The van der Waals surface area contributed by atoms with E-state index in [0.717, 1.165) is 0 Å². The maximum Gasteiger partial charge on any atom is 0.276 e. The first-order valence-corrected chi connectivity index (χ1v) is 6.26. The van der Waals surface area contributed by atoms with E-state index in [4.69, 9.17) is 14.2 Å². The fourth-order valence-corrected chi connectivity index (χ4v) is 1.82. The van der Waals surface area contributed by atoms with Crippen molar-refractivity contribution in [2.75, 3.05) is 26.6 Å². The molecule has 0 saturated carbocycles. The summed E-state index contributed by atoms with van der Waals surface area (Å²) in [5, 5.41) is 8.49. The SMILES string of the molecule is COc1cc(NC(=O)c2ccc(=O)[nH]n2)cc(OC)c1OC. The number of nitrogens with zero attached hydrogens (tertiary/aromatic N) is 1. The van der Waals surface area contributed by atoms with Crippen LogP contribution in [0.15, 0.2) is 29.1 Å². The molecule has 2 aromatic rings. The molecule has 2 N–H and O–H groups in total. The molecule has 0 aliphatic carbocycles. The summed E-state index contributed by atoms with van der Waals surface area (Å²) in [5.41, 5.74) is 0.130. The molecule has 0 bridgehead atoms. The molecule has 0 aliphatic heterocycles. The average molecular weight is 305 g/mol. The van der Waals surface area contributed by atoms with E-state index in [9.17, 15) is 9.59 Å². The van der Waals surface area contributed by atoms with Crippen LogP contribution in [-0.4, -0.2) is 37.4 Å². The highest BCUT2D eigenvalue weighted by molar-refractivity contribution is 6.03. The van der Waals surface area contributed by atoms with Crippen LogP contribution in [0.1, 0.15) is 10.5 Å². The number of hydrogen-bond donors (Lipinski definition) is 2. The van der Waals surface area contributed by atoms with Crippen molar-refractivity contribution in [3.8, 4) is 17.2 Å². The Morgan fingerprint density at radius 1 is 1.09 bits per heavy atom. The van der Waals surface area contributed by atoms with Crippen LogP contribution in [0.5, 0.6) is 17.2 Å². The summed E-state index contributed by atoms with van der Waals surface area (Å²) >= 11 is 0. The molecule has 2 rings (SSSR count).